The maximum atomic E-state index is 11.7. The van der Waals surface area contributed by atoms with E-state index in [0.717, 1.165) is 38.6 Å². The molecule has 6 heteroatoms. The van der Waals surface area contributed by atoms with Crippen LogP contribution in [0.3, 0.4) is 0 Å². The van der Waals surface area contributed by atoms with Crippen LogP contribution in [0.4, 0.5) is 0 Å². The van der Waals surface area contributed by atoms with E-state index < -0.39 is 11.2 Å². The van der Waals surface area contributed by atoms with Gasteiger partial charge in [0.15, 0.2) is 11.5 Å². The molecule has 2 spiro atoms. The van der Waals surface area contributed by atoms with Crippen LogP contribution < -0.4 is 4.74 Å². The van der Waals surface area contributed by atoms with Gasteiger partial charge in [-0.25, -0.2) is 0 Å². The van der Waals surface area contributed by atoms with Crippen LogP contribution in [0.2, 0.25) is 0 Å². The predicted molar refractivity (Wildman–Crippen MR) is 121 cm³/mol. The van der Waals surface area contributed by atoms with Gasteiger partial charge in [-0.15, -0.1) is 12.4 Å². The van der Waals surface area contributed by atoms with E-state index in [1.54, 1.807) is 13.2 Å². The van der Waals surface area contributed by atoms with Gasteiger partial charge in [0.25, 0.3) is 0 Å². The number of hydrogen-bond acceptors (Lipinski definition) is 5. The average Bonchev–Trinajstić information content (AvgIpc) is 3.09. The van der Waals surface area contributed by atoms with Crippen LogP contribution in [0.1, 0.15) is 50.7 Å². The van der Waals surface area contributed by atoms with Gasteiger partial charge in [-0.1, -0.05) is 31.6 Å². The Morgan fingerprint density at radius 1 is 1.32 bits per heavy atom. The van der Waals surface area contributed by atoms with Gasteiger partial charge in [0.2, 0.25) is 0 Å². The van der Waals surface area contributed by atoms with Gasteiger partial charge >= 0.3 is 0 Å². The third-order valence-electron chi connectivity index (χ3n) is 9.58. The number of fused-ring (bicyclic) bond motifs is 1. The maximum absolute atomic E-state index is 11.7. The Bertz CT molecular complexity index is 963. The molecule has 0 aromatic heterocycles. The molecule has 7 atom stereocenters. The highest BCUT2D eigenvalue weighted by Gasteiger charge is 2.80. The van der Waals surface area contributed by atoms with Crippen molar-refractivity contribution in [3.63, 3.8) is 0 Å². The van der Waals surface area contributed by atoms with Crippen molar-refractivity contribution in [1.29, 1.82) is 0 Å². The van der Waals surface area contributed by atoms with Gasteiger partial charge in [0.05, 0.1) is 11.0 Å². The molecule has 31 heavy (non-hydrogen) atoms. The molecule has 2 aliphatic heterocycles. The first kappa shape index (κ1) is 21.6. The van der Waals surface area contributed by atoms with Crippen LogP contribution in [-0.4, -0.2) is 59.2 Å². The zero-order valence-electron chi connectivity index (χ0n) is 18.9. The molecule has 1 saturated heterocycles. The lowest BCUT2D eigenvalue weighted by atomic mass is 9.36. The van der Waals surface area contributed by atoms with E-state index in [0.29, 0.717) is 11.8 Å². The second-order valence-corrected chi connectivity index (χ2v) is 10.7. The molecule has 6 aliphatic rings. The number of likely N-dealkylation sites (tertiary alicyclic amines) is 1. The van der Waals surface area contributed by atoms with Gasteiger partial charge in [-0.2, -0.15) is 0 Å². The number of rotatable bonds is 4. The molecule has 0 unspecified atom stereocenters. The number of phenolic OH excluding ortho intramolecular Hbond substituents is 1. The fourth-order valence-corrected chi connectivity index (χ4v) is 8.44. The largest absolute Gasteiger partial charge is 0.504 e. The van der Waals surface area contributed by atoms with E-state index in [-0.39, 0.29) is 41.0 Å². The van der Waals surface area contributed by atoms with Gasteiger partial charge in [-0.05, 0) is 57.8 Å². The normalized spacial score (nSPS) is 43.1. The molecule has 1 aromatic rings. The average molecular weight is 448 g/mol. The number of aromatic hydroxyl groups is 1. The number of piperidine rings is 1. The number of ether oxygens (including phenoxy) is 2. The number of benzene rings is 1. The monoisotopic (exact) mass is 447 g/mol. The third kappa shape index (κ3) is 2.15. The molecular formula is C25H34ClNO4. The summed E-state index contributed by atoms with van der Waals surface area (Å²) in [5, 5.41) is 22.4. The lowest BCUT2D eigenvalue weighted by Gasteiger charge is -2.72. The standard InChI is InChI=1S/C25H33NO4.ClH/c1-5-8-22(2,28)17-14-23-9-10-25(17,29-4)21-24(23)11-12-26(3)18(23)13-15-6-7-16(27)20(30-21)19(15)24;/h6-7,9-10,17-18,21,27-28H,5,8,11-14H2,1-4H3;1H/t17-,18-,21-,22-,23-,24+,25-;/m1./s1. The zero-order valence-corrected chi connectivity index (χ0v) is 19.7. The highest BCUT2D eigenvalue weighted by atomic mass is 35.5. The van der Waals surface area contributed by atoms with E-state index >= 15 is 0 Å². The van der Waals surface area contributed by atoms with E-state index in [1.807, 2.05) is 6.92 Å². The van der Waals surface area contributed by atoms with Crippen LogP contribution in [-0.2, 0) is 16.6 Å². The van der Waals surface area contributed by atoms with Crippen LogP contribution in [0.5, 0.6) is 11.5 Å². The molecule has 4 bridgehead atoms. The number of halogens is 1. The molecule has 1 aromatic carbocycles. The molecule has 2 N–H and O–H groups in total. The zero-order chi connectivity index (χ0) is 21.1. The fourth-order valence-electron chi connectivity index (χ4n) is 8.44. The smallest absolute Gasteiger partial charge is 0.165 e. The summed E-state index contributed by atoms with van der Waals surface area (Å²) in [6.07, 6.45) is 8.86. The lowest BCUT2D eigenvalue weighted by molar-refractivity contribution is -0.247. The molecule has 7 rings (SSSR count). The second kappa shape index (κ2) is 6.40. The molecule has 2 heterocycles. The first-order chi connectivity index (χ1) is 14.3. The molecule has 0 amide bonds. The topological polar surface area (TPSA) is 62.2 Å². The van der Waals surface area contributed by atoms with Crippen LogP contribution in [0.15, 0.2) is 24.3 Å². The van der Waals surface area contributed by atoms with Crippen molar-refractivity contribution in [3.05, 3.63) is 35.4 Å². The summed E-state index contributed by atoms with van der Waals surface area (Å²) in [6.45, 7) is 5.11. The lowest BCUT2D eigenvalue weighted by Crippen LogP contribution is -2.80. The molecule has 0 radical (unpaired) electrons. The Hall–Kier alpha value is -1.27. The van der Waals surface area contributed by atoms with Crippen molar-refractivity contribution in [2.24, 2.45) is 11.3 Å². The Balaban J connectivity index is 0.00000204. The number of likely N-dealkylation sites (N-methyl/N-ethyl adjacent to an activating group) is 1. The van der Waals surface area contributed by atoms with Gasteiger partial charge in [0, 0.05) is 30.0 Å². The Labute approximate surface area is 190 Å². The molecular weight excluding hydrogens is 414 g/mol. The minimum atomic E-state index is -0.850. The summed E-state index contributed by atoms with van der Waals surface area (Å²) in [6, 6.07) is 4.23. The number of hydrogen-bond donors (Lipinski definition) is 2. The van der Waals surface area contributed by atoms with Gasteiger partial charge in [0.1, 0.15) is 11.7 Å². The highest BCUT2D eigenvalue weighted by Crippen LogP contribution is 2.75. The van der Waals surface area contributed by atoms with Crippen molar-refractivity contribution in [2.45, 2.75) is 74.7 Å². The number of aliphatic hydroxyl groups is 1. The quantitative estimate of drug-likeness (QED) is 0.691. The van der Waals surface area contributed by atoms with Crippen molar-refractivity contribution in [1.82, 2.24) is 4.90 Å². The van der Waals surface area contributed by atoms with E-state index in [1.165, 1.54) is 11.1 Å². The SMILES string of the molecule is CCC[C@@](C)(O)[C@H]1C[C@@]23C=C[C@]1(OC)[C@@H]1Oc4c(O)ccc5c4[C@@]12CCN(C)[C@@H]3C5.Cl. The fraction of sp³-hybridized carbons (Fsp3) is 0.680. The van der Waals surface area contributed by atoms with E-state index in [9.17, 15) is 10.2 Å². The van der Waals surface area contributed by atoms with Crippen molar-refractivity contribution in [2.75, 3.05) is 20.7 Å². The Kier molecular flexibility index (Phi) is 4.46. The molecule has 170 valence electrons. The predicted octanol–water partition coefficient (Wildman–Crippen LogP) is 3.59. The van der Waals surface area contributed by atoms with Gasteiger partial charge < -0.3 is 24.6 Å². The summed E-state index contributed by atoms with van der Waals surface area (Å²) in [7, 11) is 4.00. The van der Waals surface area contributed by atoms with E-state index in [2.05, 4.69) is 37.1 Å². The first-order valence-corrected chi connectivity index (χ1v) is 11.5. The van der Waals surface area contributed by atoms with Crippen molar-refractivity contribution < 1.29 is 19.7 Å². The van der Waals surface area contributed by atoms with Crippen molar-refractivity contribution in [3.8, 4) is 11.5 Å². The molecule has 4 aliphatic carbocycles. The summed E-state index contributed by atoms with van der Waals surface area (Å²) in [5.74, 6) is 0.823. The highest BCUT2D eigenvalue weighted by molar-refractivity contribution is 5.85. The number of methoxy groups -OCH3 is 1. The second-order valence-electron chi connectivity index (χ2n) is 10.7. The summed E-state index contributed by atoms with van der Waals surface area (Å²) in [4.78, 5) is 2.51. The summed E-state index contributed by atoms with van der Waals surface area (Å²) >= 11 is 0. The van der Waals surface area contributed by atoms with Crippen LogP contribution in [0, 0.1) is 11.3 Å². The number of nitrogens with zero attached hydrogens (tertiary/aromatic N) is 1. The Morgan fingerprint density at radius 2 is 2.10 bits per heavy atom. The molecule has 1 saturated carbocycles. The van der Waals surface area contributed by atoms with Crippen LogP contribution in [0.25, 0.3) is 0 Å². The number of phenols is 1. The first-order valence-electron chi connectivity index (χ1n) is 11.5. The Morgan fingerprint density at radius 3 is 2.81 bits per heavy atom. The van der Waals surface area contributed by atoms with Crippen LogP contribution >= 0.6 is 12.4 Å². The van der Waals surface area contributed by atoms with Gasteiger partial charge in [-0.3, -0.25) is 0 Å². The summed E-state index contributed by atoms with van der Waals surface area (Å²) < 4.78 is 13.1. The maximum Gasteiger partial charge on any atom is 0.165 e. The third-order valence-corrected chi connectivity index (χ3v) is 9.58. The van der Waals surface area contributed by atoms with E-state index in [4.69, 9.17) is 9.47 Å². The molecule has 2 fully saturated rings. The van der Waals surface area contributed by atoms with Crippen molar-refractivity contribution >= 4 is 12.4 Å². The summed E-state index contributed by atoms with van der Waals surface area (Å²) in [5.41, 5.74) is 0.625. The minimum absolute atomic E-state index is 0. The minimum Gasteiger partial charge on any atom is -0.504 e. The molecule has 5 nitrogen and oxygen atoms in total.